The fraction of sp³-hybridized carbons (Fsp3) is 0.0435. The molecule has 3 nitrogen and oxygen atoms in total. The van der Waals surface area contributed by atoms with Crippen molar-refractivity contribution in [2.24, 2.45) is 4.99 Å². The molecule has 6 heteroatoms. The standard InChI is InChI=1S/C23H15BrN2OS2/c24-17-10-8-16(9-11-17)20-14-19(15-5-2-1-3-6-15)25-23-26(20)22(27)21(29-23)13-18-7-4-12-28-18/h1-14,20H. The smallest absolute Gasteiger partial charge is 0.271 e. The summed E-state index contributed by atoms with van der Waals surface area (Å²) in [4.78, 5) is 19.9. The number of nitrogens with zero attached hydrogens (tertiary/aromatic N) is 2. The van der Waals surface area contributed by atoms with Crippen LogP contribution in [0, 0.1) is 0 Å². The molecule has 0 aliphatic carbocycles. The summed E-state index contributed by atoms with van der Waals surface area (Å²) >= 11 is 6.57. The summed E-state index contributed by atoms with van der Waals surface area (Å²) in [6.07, 6.45) is 4.04. The number of rotatable bonds is 3. The molecule has 0 bridgehead atoms. The Hall–Kier alpha value is -2.54. The van der Waals surface area contributed by atoms with Crippen LogP contribution in [0.5, 0.6) is 0 Å². The minimum absolute atomic E-state index is 0.00145. The lowest BCUT2D eigenvalue weighted by Crippen LogP contribution is -2.36. The molecule has 1 aliphatic heterocycles. The first-order valence-corrected chi connectivity index (χ1v) is 11.6. The number of benzene rings is 2. The van der Waals surface area contributed by atoms with Crippen molar-refractivity contribution in [2.45, 2.75) is 6.04 Å². The average Bonchev–Trinajstić information content (AvgIpc) is 3.37. The summed E-state index contributed by atoms with van der Waals surface area (Å²) in [6, 6.07) is 22.0. The number of aromatic nitrogens is 1. The van der Waals surface area contributed by atoms with Crippen LogP contribution in [0.1, 0.15) is 22.0 Å². The lowest BCUT2D eigenvalue weighted by Gasteiger charge is -2.19. The van der Waals surface area contributed by atoms with Gasteiger partial charge in [0.15, 0.2) is 4.80 Å². The molecule has 0 amide bonds. The maximum absolute atomic E-state index is 13.3. The van der Waals surface area contributed by atoms with Crippen molar-refractivity contribution in [3.63, 3.8) is 0 Å². The highest BCUT2D eigenvalue weighted by atomic mass is 79.9. The van der Waals surface area contributed by atoms with Gasteiger partial charge in [-0.15, -0.1) is 11.3 Å². The molecule has 142 valence electrons. The van der Waals surface area contributed by atoms with Crippen LogP contribution in [0.3, 0.4) is 0 Å². The van der Waals surface area contributed by atoms with Crippen LogP contribution in [-0.4, -0.2) is 4.57 Å². The van der Waals surface area contributed by atoms with E-state index < -0.39 is 0 Å². The number of thiophene rings is 1. The maximum atomic E-state index is 13.3. The summed E-state index contributed by atoms with van der Waals surface area (Å²) in [5, 5.41) is 2.01. The van der Waals surface area contributed by atoms with Gasteiger partial charge in [-0.3, -0.25) is 9.36 Å². The Bertz CT molecular complexity index is 1370. The lowest BCUT2D eigenvalue weighted by atomic mass is 10.0. The minimum Gasteiger partial charge on any atom is -0.272 e. The van der Waals surface area contributed by atoms with Gasteiger partial charge in [0.1, 0.15) is 0 Å². The molecular weight excluding hydrogens is 464 g/mol. The molecule has 0 N–H and O–H groups in total. The van der Waals surface area contributed by atoms with Gasteiger partial charge in [-0.05, 0) is 46.9 Å². The monoisotopic (exact) mass is 478 g/mol. The molecule has 0 saturated carbocycles. The van der Waals surface area contributed by atoms with Crippen LogP contribution in [0.2, 0.25) is 0 Å². The molecule has 5 rings (SSSR count). The summed E-state index contributed by atoms with van der Waals surface area (Å²) in [5.74, 6) is 0. The van der Waals surface area contributed by atoms with E-state index in [2.05, 4.69) is 34.1 Å². The SMILES string of the molecule is O=c1c(=Cc2cccs2)sc2n1C(c1ccc(Br)cc1)C=C(c1ccccc1)N=2. The molecule has 0 fully saturated rings. The van der Waals surface area contributed by atoms with Gasteiger partial charge in [-0.1, -0.05) is 75.8 Å². The Labute approximate surface area is 183 Å². The normalized spacial score (nSPS) is 16.2. The Balaban J connectivity index is 1.75. The van der Waals surface area contributed by atoms with Crippen LogP contribution in [-0.2, 0) is 0 Å². The van der Waals surface area contributed by atoms with Gasteiger partial charge in [0.05, 0.1) is 16.3 Å². The van der Waals surface area contributed by atoms with Crippen molar-refractivity contribution in [1.82, 2.24) is 4.57 Å². The van der Waals surface area contributed by atoms with E-state index in [9.17, 15) is 4.79 Å². The van der Waals surface area contributed by atoms with E-state index in [0.29, 0.717) is 4.53 Å². The van der Waals surface area contributed by atoms with Crippen LogP contribution >= 0.6 is 38.6 Å². The number of hydrogen-bond acceptors (Lipinski definition) is 4. The molecule has 0 spiro atoms. The van der Waals surface area contributed by atoms with E-state index in [1.165, 1.54) is 11.3 Å². The summed E-state index contributed by atoms with van der Waals surface area (Å²) in [6.45, 7) is 0. The Morgan fingerprint density at radius 2 is 1.79 bits per heavy atom. The zero-order valence-electron chi connectivity index (χ0n) is 15.2. The Morgan fingerprint density at radius 3 is 2.52 bits per heavy atom. The van der Waals surface area contributed by atoms with Gasteiger partial charge in [0, 0.05) is 9.35 Å². The summed E-state index contributed by atoms with van der Waals surface area (Å²) in [5.41, 5.74) is 2.99. The number of thiazole rings is 1. The van der Waals surface area contributed by atoms with Crippen LogP contribution in [0.4, 0.5) is 0 Å². The van der Waals surface area contributed by atoms with E-state index in [-0.39, 0.29) is 11.6 Å². The quantitative estimate of drug-likeness (QED) is 0.415. The Morgan fingerprint density at radius 1 is 1.00 bits per heavy atom. The molecule has 0 saturated heterocycles. The molecule has 2 aromatic heterocycles. The number of hydrogen-bond donors (Lipinski definition) is 0. The average molecular weight is 479 g/mol. The van der Waals surface area contributed by atoms with Crippen molar-refractivity contribution in [2.75, 3.05) is 0 Å². The van der Waals surface area contributed by atoms with Crippen LogP contribution in [0.25, 0.3) is 11.8 Å². The van der Waals surface area contributed by atoms with E-state index in [1.54, 1.807) is 15.9 Å². The third-order valence-corrected chi connectivity index (χ3v) is 7.08. The molecule has 1 unspecified atom stereocenters. The highest BCUT2D eigenvalue weighted by molar-refractivity contribution is 9.10. The predicted octanol–water partition coefficient (Wildman–Crippen LogP) is 4.83. The van der Waals surface area contributed by atoms with Crippen LogP contribution in [0.15, 0.2) is 92.4 Å². The zero-order valence-corrected chi connectivity index (χ0v) is 18.4. The first-order chi connectivity index (χ1) is 14.2. The van der Waals surface area contributed by atoms with Gasteiger partial charge in [0.25, 0.3) is 5.56 Å². The molecule has 1 atom stereocenters. The van der Waals surface area contributed by atoms with E-state index in [4.69, 9.17) is 4.99 Å². The predicted molar refractivity (Wildman–Crippen MR) is 124 cm³/mol. The van der Waals surface area contributed by atoms with Gasteiger partial charge >= 0.3 is 0 Å². The Kier molecular flexibility index (Phi) is 4.91. The second-order valence-corrected chi connectivity index (χ2v) is 9.51. The largest absolute Gasteiger partial charge is 0.272 e. The summed E-state index contributed by atoms with van der Waals surface area (Å²) in [7, 11) is 0. The van der Waals surface area contributed by atoms with Crippen molar-refractivity contribution >= 4 is 50.4 Å². The first-order valence-electron chi connectivity index (χ1n) is 9.07. The number of halogens is 1. The van der Waals surface area contributed by atoms with Crippen molar-refractivity contribution in [1.29, 1.82) is 0 Å². The molecule has 2 aromatic carbocycles. The van der Waals surface area contributed by atoms with Gasteiger partial charge < -0.3 is 0 Å². The van der Waals surface area contributed by atoms with Crippen LogP contribution < -0.4 is 14.9 Å². The molecule has 3 heterocycles. The third-order valence-electron chi connectivity index (χ3n) is 4.74. The first kappa shape index (κ1) is 18.5. The van der Waals surface area contributed by atoms with Crippen molar-refractivity contribution in [3.8, 4) is 0 Å². The number of allylic oxidation sites excluding steroid dienone is 1. The van der Waals surface area contributed by atoms with Gasteiger partial charge in [-0.25, -0.2) is 4.99 Å². The topological polar surface area (TPSA) is 34.4 Å². The highest BCUT2D eigenvalue weighted by Crippen LogP contribution is 2.27. The van der Waals surface area contributed by atoms with E-state index >= 15 is 0 Å². The van der Waals surface area contributed by atoms with Gasteiger partial charge in [0.2, 0.25) is 0 Å². The third kappa shape index (κ3) is 3.59. The van der Waals surface area contributed by atoms with Crippen molar-refractivity contribution in [3.05, 3.63) is 118 Å². The highest BCUT2D eigenvalue weighted by Gasteiger charge is 2.22. The second kappa shape index (κ2) is 7.71. The maximum Gasteiger partial charge on any atom is 0.271 e. The zero-order chi connectivity index (χ0) is 19.8. The van der Waals surface area contributed by atoms with Gasteiger partial charge in [-0.2, -0.15) is 0 Å². The fourth-order valence-corrected chi connectivity index (χ4v) is 5.36. The molecule has 1 aliphatic rings. The molecule has 4 aromatic rings. The summed E-state index contributed by atoms with van der Waals surface area (Å²) < 4.78 is 3.52. The number of fused-ring (bicyclic) bond motifs is 1. The lowest BCUT2D eigenvalue weighted by molar-refractivity contribution is 0.644. The van der Waals surface area contributed by atoms with Crippen molar-refractivity contribution < 1.29 is 0 Å². The molecular formula is C23H15BrN2OS2. The minimum atomic E-state index is -0.194. The molecule has 29 heavy (non-hydrogen) atoms. The van der Waals surface area contributed by atoms with E-state index in [0.717, 1.165) is 31.0 Å². The fourth-order valence-electron chi connectivity index (χ4n) is 3.35. The second-order valence-electron chi connectivity index (χ2n) is 6.61. The van der Waals surface area contributed by atoms with E-state index in [1.807, 2.05) is 66.1 Å². The molecule has 0 radical (unpaired) electrons.